The first-order chi connectivity index (χ1) is 9.17. The Morgan fingerprint density at radius 3 is 2.42 bits per heavy atom. The van der Waals surface area contributed by atoms with Gasteiger partial charge in [-0.15, -0.1) is 11.6 Å². The minimum atomic E-state index is 0.457. The minimum Gasteiger partial charge on any atom is -0.341 e. The summed E-state index contributed by atoms with van der Waals surface area (Å²) in [5.74, 6) is 0.457. The Kier molecular flexibility index (Phi) is 4.73. The fraction of sp³-hybridized carbons (Fsp3) is 0.250. The standard InChI is InChI=1S/C16H17Cl2N/c1-3-19(15-7-5-4-6-12(15)2)16-9-8-14(18)10-13(16)11-17/h4-10H,3,11H2,1-2H3. The third kappa shape index (κ3) is 3.05. The molecule has 2 aromatic rings. The van der Waals surface area contributed by atoms with Gasteiger partial charge in [0.2, 0.25) is 0 Å². The lowest BCUT2D eigenvalue weighted by atomic mass is 10.1. The zero-order valence-electron chi connectivity index (χ0n) is 11.2. The van der Waals surface area contributed by atoms with Gasteiger partial charge in [0.1, 0.15) is 0 Å². The fourth-order valence-electron chi connectivity index (χ4n) is 2.26. The van der Waals surface area contributed by atoms with Gasteiger partial charge in [-0.05, 0) is 49.2 Å². The van der Waals surface area contributed by atoms with Gasteiger partial charge in [-0.1, -0.05) is 29.8 Å². The van der Waals surface area contributed by atoms with Crippen molar-refractivity contribution in [3.05, 3.63) is 58.6 Å². The summed E-state index contributed by atoms with van der Waals surface area (Å²) >= 11 is 12.1. The summed E-state index contributed by atoms with van der Waals surface area (Å²) < 4.78 is 0. The van der Waals surface area contributed by atoms with Crippen LogP contribution in [0, 0.1) is 6.92 Å². The van der Waals surface area contributed by atoms with Crippen LogP contribution in [0.1, 0.15) is 18.1 Å². The van der Waals surface area contributed by atoms with E-state index in [1.807, 2.05) is 18.2 Å². The third-order valence-electron chi connectivity index (χ3n) is 3.20. The van der Waals surface area contributed by atoms with Crippen molar-refractivity contribution in [1.29, 1.82) is 0 Å². The van der Waals surface area contributed by atoms with Crippen molar-refractivity contribution in [2.45, 2.75) is 19.7 Å². The molecule has 0 N–H and O–H groups in total. The van der Waals surface area contributed by atoms with Crippen LogP contribution in [-0.2, 0) is 5.88 Å². The van der Waals surface area contributed by atoms with Crippen molar-refractivity contribution in [3.8, 4) is 0 Å². The second-order valence-corrected chi connectivity index (χ2v) is 5.14. The van der Waals surface area contributed by atoms with Crippen LogP contribution in [0.3, 0.4) is 0 Å². The summed E-state index contributed by atoms with van der Waals surface area (Å²) in [6, 6.07) is 14.2. The highest BCUT2D eigenvalue weighted by Gasteiger charge is 2.13. The number of rotatable bonds is 4. The summed E-state index contributed by atoms with van der Waals surface area (Å²) in [5, 5.41) is 0.722. The lowest BCUT2D eigenvalue weighted by Gasteiger charge is -2.27. The van der Waals surface area contributed by atoms with E-state index in [-0.39, 0.29) is 0 Å². The number of hydrogen-bond acceptors (Lipinski definition) is 1. The Balaban J connectivity index is 2.51. The number of alkyl halides is 1. The molecule has 2 aromatic carbocycles. The van der Waals surface area contributed by atoms with Gasteiger partial charge in [-0.25, -0.2) is 0 Å². The van der Waals surface area contributed by atoms with Crippen molar-refractivity contribution in [1.82, 2.24) is 0 Å². The molecule has 0 saturated heterocycles. The van der Waals surface area contributed by atoms with Gasteiger partial charge in [0.05, 0.1) is 0 Å². The van der Waals surface area contributed by atoms with Gasteiger partial charge in [0.15, 0.2) is 0 Å². The molecule has 0 aromatic heterocycles. The van der Waals surface area contributed by atoms with E-state index in [1.54, 1.807) is 0 Å². The minimum absolute atomic E-state index is 0.457. The van der Waals surface area contributed by atoms with Crippen LogP contribution in [0.4, 0.5) is 11.4 Å². The number of para-hydroxylation sites is 1. The van der Waals surface area contributed by atoms with E-state index in [9.17, 15) is 0 Å². The molecule has 0 radical (unpaired) electrons. The largest absolute Gasteiger partial charge is 0.341 e. The highest BCUT2D eigenvalue weighted by atomic mass is 35.5. The smallest absolute Gasteiger partial charge is 0.0495 e. The first-order valence-electron chi connectivity index (χ1n) is 6.35. The molecule has 0 bridgehead atoms. The summed E-state index contributed by atoms with van der Waals surface area (Å²) in [7, 11) is 0. The molecule has 0 aliphatic heterocycles. The summed E-state index contributed by atoms with van der Waals surface area (Å²) in [4.78, 5) is 2.27. The molecule has 2 rings (SSSR count). The number of benzene rings is 2. The predicted molar refractivity (Wildman–Crippen MR) is 84.9 cm³/mol. The molecule has 0 aliphatic carbocycles. The molecular formula is C16H17Cl2N. The van der Waals surface area contributed by atoms with Gasteiger partial charge in [-0.3, -0.25) is 0 Å². The highest BCUT2D eigenvalue weighted by molar-refractivity contribution is 6.30. The average Bonchev–Trinajstić information content (AvgIpc) is 2.43. The second-order valence-electron chi connectivity index (χ2n) is 4.44. The average molecular weight is 294 g/mol. The maximum Gasteiger partial charge on any atom is 0.0495 e. The van der Waals surface area contributed by atoms with Crippen molar-refractivity contribution in [2.24, 2.45) is 0 Å². The second kappa shape index (κ2) is 6.31. The van der Waals surface area contributed by atoms with Gasteiger partial charge < -0.3 is 4.90 Å². The topological polar surface area (TPSA) is 3.24 Å². The summed E-state index contributed by atoms with van der Waals surface area (Å²) in [5.41, 5.74) is 4.63. The fourth-order valence-corrected chi connectivity index (χ4v) is 2.67. The van der Waals surface area contributed by atoms with E-state index in [0.717, 1.165) is 22.8 Å². The molecule has 0 saturated carbocycles. The number of anilines is 2. The van der Waals surface area contributed by atoms with Crippen LogP contribution < -0.4 is 4.90 Å². The molecule has 0 fully saturated rings. The summed E-state index contributed by atoms with van der Waals surface area (Å²) in [6.45, 7) is 5.14. The van der Waals surface area contributed by atoms with Crippen LogP contribution in [0.5, 0.6) is 0 Å². The number of nitrogens with zero attached hydrogens (tertiary/aromatic N) is 1. The maximum absolute atomic E-state index is 6.05. The lowest BCUT2D eigenvalue weighted by Crippen LogP contribution is -2.18. The molecule has 0 amide bonds. The molecule has 3 heteroatoms. The number of halogens is 2. The molecule has 19 heavy (non-hydrogen) atoms. The van der Waals surface area contributed by atoms with Crippen molar-refractivity contribution < 1.29 is 0 Å². The van der Waals surface area contributed by atoms with E-state index in [1.165, 1.54) is 11.3 Å². The maximum atomic E-state index is 6.05. The Morgan fingerprint density at radius 2 is 1.79 bits per heavy atom. The molecular weight excluding hydrogens is 277 g/mol. The monoisotopic (exact) mass is 293 g/mol. The van der Waals surface area contributed by atoms with Crippen molar-refractivity contribution in [3.63, 3.8) is 0 Å². The Labute approximate surface area is 124 Å². The Morgan fingerprint density at radius 1 is 1.05 bits per heavy atom. The Bertz CT molecular complexity index is 566. The molecule has 0 aliphatic rings. The molecule has 0 heterocycles. The van der Waals surface area contributed by atoms with Gasteiger partial charge in [-0.2, -0.15) is 0 Å². The molecule has 0 spiro atoms. The third-order valence-corrected chi connectivity index (χ3v) is 3.72. The Hall–Kier alpha value is -1.18. The first-order valence-corrected chi connectivity index (χ1v) is 7.26. The number of hydrogen-bond donors (Lipinski definition) is 0. The first kappa shape index (κ1) is 14.2. The van der Waals surface area contributed by atoms with Crippen LogP contribution in [0.2, 0.25) is 5.02 Å². The molecule has 0 unspecified atom stereocenters. The van der Waals surface area contributed by atoms with Gasteiger partial charge in [0.25, 0.3) is 0 Å². The highest BCUT2D eigenvalue weighted by Crippen LogP contribution is 2.32. The van der Waals surface area contributed by atoms with E-state index in [2.05, 4.69) is 43.0 Å². The SMILES string of the molecule is CCN(c1ccccc1C)c1ccc(Cl)cc1CCl. The van der Waals surface area contributed by atoms with Crippen LogP contribution in [0.15, 0.2) is 42.5 Å². The van der Waals surface area contributed by atoms with Crippen molar-refractivity contribution in [2.75, 3.05) is 11.4 Å². The van der Waals surface area contributed by atoms with E-state index in [4.69, 9.17) is 23.2 Å². The van der Waals surface area contributed by atoms with E-state index >= 15 is 0 Å². The van der Waals surface area contributed by atoms with Crippen LogP contribution in [0.25, 0.3) is 0 Å². The van der Waals surface area contributed by atoms with Crippen LogP contribution >= 0.6 is 23.2 Å². The summed E-state index contributed by atoms with van der Waals surface area (Å²) in [6.07, 6.45) is 0. The zero-order valence-corrected chi connectivity index (χ0v) is 12.7. The van der Waals surface area contributed by atoms with Gasteiger partial charge >= 0.3 is 0 Å². The van der Waals surface area contributed by atoms with Gasteiger partial charge in [0, 0.05) is 28.8 Å². The molecule has 0 atom stereocenters. The molecule has 100 valence electrons. The predicted octanol–water partition coefficient (Wildman–Crippen LogP) is 5.55. The zero-order chi connectivity index (χ0) is 13.8. The van der Waals surface area contributed by atoms with Crippen LogP contribution in [-0.4, -0.2) is 6.54 Å². The number of aryl methyl sites for hydroxylation is 1. The normalized spacial score (nSPS) is 10.5. The lowest BCUT2D eigenvalue weighted by molar-refractivity contribution is 1.01. The van der Waals surface area contributed by atoms with Crippen molar-refractivity contribution >= 4 is 34.6 Å². The quantitative estimate of drug-likeness (QED) is 0.669. The van der Waals surface area contributed by atoms with E-state index < -0.39 is 0 Å². The molecule has 1 nitrogen and oxygen atoms in total. The van der Waals surface area contributed by atoms with E-state index in [0.29, 0.717) is 5.88 Å².